The number of benzene rings is 4. The molecule has 0 heterocycles. The van der Waals surface area contributed by atoms with Crippen molar-refractivity contribution in [3.63, 3.8) is 0 Å². The maximum Gasteiger partial charge on any atom is 0.417 e. The number of alkyl halides is 6. The highest BCUT2D eigenvalue weighted by molar-refractivity contribution is 7.76. The number of hydrogen-bond donors (Lipinski definition) is 0. The van der Waals surface area contributed by atoms with Crippen molar-refractivity contribution in [1.29, 1.82) is 0 Å². The first kappa shape index (κ1) is 26.4. The third kappa shape index (κ3) is 6.17. The number of halogens is 6. The number of hydrogen-bond acceptors (Lipinski definition) is 0. The van der Waals surface area contributed by atoms with Crippen molar-refractivity contribution >= 4 is 37.1 Å². The van der Waals surface area contributed by atoms with E-state index in [1.54, 1.807) is 0 Å². The molecule has 0 radical (unpaired) electrons. The first-order chi connectivity index (χ1) is 17.2. The highest BCUT2D eigenvalue weighted by Gasteiger charge is 2.39. The summed E-state index contributed by atoms with van der Waals surface area (Å²) in [6.07, 6.45) is -8.71. The van der Waals surface area contributed by atoms with Gasteiger partial charge in [0.2, 0.25) is 0 Å². The summed E-state index contributed by atoms with van der Waals surface area (Å²) in [5.41, 5.74) is -1.76. The summed E-state index contributed by atoms with van der Waals surface area (Å²) in [5.74, 6) is 0. The van der Waals surface area contributed by atoms with Crippen LogP contribution in [0.1, 0.15) is 11.1 Å². The smallest absolute Gasteiger partial charge is 0.166 e. The Bertz CT molecular complexity index is 1170. The lowest BCUT2D eigenvalue weighted by molar-refractivity contribution is -0.137. The molecule has 0 aliphatic rings. The second-order valence-electron chi connectivity index (χ2n) is 8.00. The van der Waals surface area contributed by atoms with Crippen LogP contribution in [-0.2, 0) is 12.4 Å². The predicted molar refractivity (Wildman–Crippen MR) is 138 cm³/mol. The SMILES string of the molecule is FC(F)(F)c1ccccc1P(CCP(c1ccccc1)c1ccccc1)c1ccccc1C(F)(F)F. The van der Waals surface area contributed by atoms with E-state index in [1.807, 2.05) is 60.7 Å². The molecule has 0 aromatic heterocycles. The Hall–Kier alpha value is -2.68. The van der Waals surface area contributed by atoms with Gasteiger partial charge >= 0.3 is 12.4 Å². The highest BCUT2D eigenvalue weighted by Crippen LogP contribution is 2.46. The normalized spacial score (nSPS) is 12.3. The van der Waals surface area contributed by atoms with Gasteiger partial charge in [0, 0.05) is 0 Å². The van der Waals surface area contributed by atoms with E-state index in [0.29, 0.717) is 6.16 Å². The molecule has 0 fully saturated rings. The minimum atomic E-state index is -4.67. The molecular weight excluding hydrogens is 512 g/mol. The van der Waals surface area contributed by atoms with Crippen molar-refractivity contribution < 1.29 is 26.3 Å². The van der Waals surface area contributed by atoms with Gasteiger partial charge in [-0.2, -0.15) is 26.3 Å². The van der Waals surface area contributed by atoms with E-state index in [0.717, 1.165) is 22.7 Å². The lowest BCUT2D eigenvalue weighted by Gasteiger charge is -2.27. The van der Waals surface area contributed by atoms with E-state index in [9.17, 15) is 26.3 Å². The molecule has 4 rings (SSSR count). The van der Waals surface area contributed by atoms with Crippen LogP contribution in [-0.4, -0.2) is 12.3 Å². The molecule has 0 aliphatic carbocycles. The van der Waals surface area contributed by atoms with Crippen molar-refractivity contribution in [1.82, 2.24) is 0 Å². The highest BCUT2D eigenvalue weighted by atomic mass is 31.1. The van der Waals surface area contributed by atoms with E-state index in [4.69, 9.17) is 0 Å². The summed E-state index contributed by atoms with van der Waals surface area (Å²) in [6, 6.07) is 29.3. The van der Waals surface area contributed by atoms with Gasteiger partial charge in [0.1, 0.15) is 0 Å². The third-order valence-corrected chi connectivity index (χ3v) is 11.2. The zero-order valence-electron chi connectivity index (χ0n) is 19.0. The van der Waals surface area contributed by atoms with E-state index >= 15 is 0 Å². The van der Waals surface area contributed by atoms with Crippen molar-refractivity contribution in [3.8, 4) is 0 Å². The lowest BCUT2D eigenvalue weighted by atomic mass is 10.2. The van der Waals surface area contributed by atoms with E-state index in [1.165, 1.54) is 36.4 Å². The molecule has 0 nitrogen and oxygen atoms in total. The minimum Gasteiger partial charge on any atom is -0.166 e. The van der Waals surface area contributed by atoms with Crippen molar-refractivity contribution in [3.05, 3.63) is 120 Å². The van der Waals surface area contributed by atoms with Crippen LogP contribution in [0.25, 0.3) is 0 Å². The van der Waals surface area contributed by atoms with Gasteiger partial charge in [-0.3, -0.25) is 0 Å². The van der Waals surface area contributed by atoms with Gasteiger partial charge < -0.3 is 0 Å². The molecular formula is C28H22F6P2. The summed E-state index contributed by atoms with van der Waals surface area (Å²) in [4.78, 5) is 0. The van der Waals surface area contributed by atoms with Crippen LogP contribution < -0.4 is 21.2 Å². The monoisotopic (exact) mass is 534 g/mol. The zero-order valence-corrected chi connectivity index (χ0v) is 20.8. The van der Waals surface area contributed by atoms with Gasteiger partial charge in [-0.25, -0.2) is 0 Å². The van der Waals surface area contributed by atoms with Gasteiger partial charge in [0.05, 0.1) is 11.1 Å². The Morgan fingerprint density at radius 1 is 0.417 bits per heavy atom. The summed E-state index contributed by atoms with van der Waals surface area (Å²) in [5, 5.41) is 1.91. The molecule has 36 heavy (non-hydrogen) atoms. The molecule has 0 atom stereocenters. The van der Waals surface area contributed by atoms with E-state index in [-0.39, 0.29) is 16.8 Å². The first-order valence-electron chi connectivity index (χ1n) is 11.1. The Labute approximate surface area is 208 Å². The van der Waals surface area contributed by atoms with Crippen LogP contribution in [0, 0.1) is 0 Å². The lowest BCUT2D eigenvalue weighted by Crippen LogP contribution is -2.28. The Morgan fingerprint density at radius 2 is 0.750 bits per heavy atom. The Kier molecular flexibility index (Phi) is 8.17. The summed E-state index contributed by atoms with van der Waals surface area (Å²) >= 11 is 0. The van der Waals surface area contributed by atoms with Gasteiger partial charge in [-0.15, -0.1) is 0 Å². The average Bonchev–Trinajstić information content (AvgIpc) is 2.87. The van der Waals surface area contributed by atoms with E-state index in [2.05, 4.69) is 0 Å². The van der Waals surface area contributed by atoms with Gasteiger partial charge in [-0.05, 0) is 61.5 Å². The standard InChI is InChI=1S/C28H22F6P2/c29-27(30,31)23-15-7-9-17-25(23)36(26-18-10-8-16-24(26)28(32,33)34)20-19-35(21-11-3-1-4-12-21)22-13-5-2-6-14-22/h1-18H,19-20H2. The fourth-order valence-electron chi connectivity index (χ4n) is 4.09. The predicted octanol–water partition coefficient (Wildman–Crippen LogP) is 7.29. The van der Waals surface area contributed by atoms with Crippen LogP contribution in [0.3, 0.4) is 0 Å². The molecule has 0 amide bonds. The Morgan fingerprint density at radius 3 is 1.14 bits per heavy atom. The summed E-state index contributed by atoms with van der Waals surface area (Å²) in [6.45, 7) is 0. The molecule has 0 saturated heterocycles. The fraction of sp³-hybridized carbons (Fsp3) is 0.143. The molecule has 186 valence electrons. The van der Waals surface area contributed by atoms with Crippen LogP contribution in [0.15, 0.2) is 109 Å². The number of rotatable bonds is 7. The fourth-order valence-corrected chi connectivity index (χ4v) is 9.83. The van der Waals surface area contributed by atoms with Crippen LogP contribution in [0.2, 0.25) is 0 Å². The summed E-state index contributed by atoms with van der Waals surface area (Å²) in [7, 11) is -2.94. The maximum absolute atomic E-state index is 14.0. The molecule has 0 bridgehead atoms. The first-order valence-corrected chi connectivity index (χ1v) is 14.2. The largest absolute Gasteiger partial charge is 0.417 e. The molecule has 0 unspecified atom stereocenters. The molecule has 0 saturated carbocycles. The molecule has 0 spiro atoms. The van der Waals surface area contributed by atoms with E-state index < -0.39 is 39.3 Å². The van der Waals surface area contributed by atoms with Crippen molar-refractivity contribution in [2.45, 2.75) is 12.4 Å². The summed E-state index contributed by atoms with van der Waals surface area (Å²) < 4.78 is 83.9. The second kappa shape index (κ2) is 11.2. The Balaban J connectivity index is 1.82. The van der Waals surface area contributed by atoms with Gasteiger partial charge in [0.15, 0.2) is 0 Å². The topological polar surface area (TPSA) is 0 Å². The third-order valence-electron chi connectivity index (χ3n) is 5.68. The maximum atomic E-state index is 14.0. The molecule has 4 aromatic rings. The molecule has 8 heteroatoms. The van der Waals surface area contributed by atoms with Crippen molar-refractivity contribution in [2.24, 2.45) is 0 Å². The van der Waals surface area contributed by atoms with Crippen LogP contribution in [0.5, 0.6) is 0 Å². The van der Waals surface area contributed by atoms with Gasteiger partial charge in [-0.1, -0.05) is 97.1 Å². The molecule has 0 aliphatic heterocycles. The molecule has 0 N–H and O–H groups in total. The minimum absolute atomic E-state index is 0.0761. The zero-order chi connectivity index (χ0) is 25.8. The second-order valence-corrected chi connectivity index (χ2v) is 12.6. The molecule has 4 aromatic carbocycles. The quantitative estimate of drug-likeness (QED) is 0.173. The average molecular weight is 534 g/mol. The van der Waals surface area contributed by atoms with Gasteiger partial charge in [0.25, 0.3) is 0 Å². The van der Waals surface area contributed by atoms with Crippen LogP contribution >= 0.6 is 15.8 Å². The van der Waals surface area contributed by atoms with Crippen LogP contribution in [0.4, 0.5) is 26.3 Å². The van der Waals surface area contributed by atoms with Crippen molar-refractivity contribution in [2.75, 3.05) is 12.3 Å².